The fraction of sp³-hybridized carbons (Fsp3) is 0.471. The summed E-state index contributed by atoms with van der Waals surface area (Å²) >= 11 is 6.02. The number of aromatic nitrogens is 2. The highest BCUT2D eigenvalue weighted by molar-refractivity contribution is 7.89. The zero-order valence-electron chi connectivity index (χ0n) is 14.7. The zero-order chi connectivity index (χ0) is 18.2. The van der Waals surface area contributed by atoms with Gasteiger partial charge in [-0.1, -0.05) is 29.3 Å². The molecule has 2 aromatic rings. The van der Waals surface area contributed by atoms with Crippen LogP contribution in [0.4, 0.5) is 0 Å². The first-order valence-corrected chi connectivity index (χ1v) is 10.1. The van der Waals surface area contributed by atoms with Crippen molar-refractivity contribution < 1.29 is 8.42 Å². The third-order valence-corrected chi connectivity index (χ3v) is 7.08. The lowest BCUT2D eigenvalue weighted by Gasteiger charge is -2.34. The molecule has 0 saturated carbocycles. The fourth-order valence-corrected chi connectivity index (χ4v) is 4.90. The molecule has 0 atom stereocenters. The molecule has 136 valence electrons. The highest BCUT2D eigenvalue weighted by Gasteiger charge is 2.29. The third kappa shape index (κ3) is 3.74. The standard InChI is InChI=1S/C17H23ClN4O2S/c1-13-4-5-15(14(2)10-13)25(23,24)22-8-6-21(7-9-22)12-17-19-11-16(18)20(17)3/h4-5,10-11H,6-9,12H2,1-3H3. The van der Waals surface area contributed by atoms with Gasteiger partial charge in [-0.25, -0.2) is 13.4 Å². The van der Waals surface area contributed by atoms with Gasteiger partial charge in [0, 0.05) is 33.2 Å². The number of nitrogens with zero attached hydrogens (tertiary/aromatic N) is 4. The molecule has 0 radical (unpaired) electrons. The molecule has 2 heterocycles. The van der Waals surface area contributed by atoms with Gasteiger partial charge in [0.1, 0.15) is 11.0 Å². The second-order valence-electron chi connectivity index (χ2n) is 6.51. The van der Waals surface area contributed by atoms with Crippen molar-refractivity contribution in [3.05, 3.63) is 46.5 Å². The van der Waals surface area contributed by atoms with E-state index in [1.165, 1.54) is 0 Å². The second kappa shape index (κ2) is 7.07. The minimum absolute atomic E-state index is 0.405. The van der Waals surface area contributed by atoms with E-state index >= 15 is 0 Å². The van der Waals surface area contributed by atoms with Gasteiger partial charge in [-0.3, -0.25) is 4.90 Å². The van der Waals surface area contributed by atoms with E-state index < -0.39 is 10.0 Å². The smallest absolute Gasteiger partial charge is 0.243 e. The summed E-state index contributed by atoms with van der Waals surface area (Å²) in [5.74, 6) is 0.885. The molecule has 0 unspecified atom stereocenters. The van der Waals surface area contributed by atoms with E-state index in [0.29, 0.717) is 42.8 Å². The van der Waals surface area contributed by atoms with Gasteiger partial charge >= 0.3 is 0 Å². The summed E-state index contributed by atoms with van der Waals surface area (Å²) in [6.45, 7) is 6.79. The van der Waals surface area contributed by atoms with Crippen molar-refractivity contribution in [2.24, 2.45) is 7.05 Å². The number of imidazole rings is 1. The molecule has 0 bridgehead atoms. The number of hydrogen-bond acceptors (Lipinski definition) is 4. The Morgan fingerprint density at radius 2 is 1.84 bits per heavy atom. The number of hydrogen-bond donors (Lipinski definition) is 0. The fourth-order valence-electron chi connectivity index (χ4n) is 3.13. The highest BCUT2D eigenvalue weighted by atomic mass is 35.5. The summed E-state index contributed by atoms with van der Waals surface area (Å²) in [7, 11) is -1.56. The first kappa shape index (κ1) is 18.4. The summed E-state index contributed by atoms with van der Waals surface area (Å²) in [5.41, 5.74) is 1.86. The molecule has 1 aliphatic rings. The number of piperazine rings is 1. The predicted octanol–water partition coefficient (Wildman–Crippen LogP) is 2.20. The van der Waals surface area contributed by atoms with Crippen molar-refractivity contribution in [1.29, 1.82) is 0 Å². The van der Waals surface area contributed by atoms with Crippen LogP contribution in [0.3, 0.4) is 0 Å². The van der Waals surface area contributed by atoms with Crippen molar-refractivity contribution >= 4 is 21.6 Å². The predicted molar refractivity (Wildman–Crippen MR) is 98.2 cm³/mol. The van der Waals surface area contributed by atoms with Gasteiger partial charge < -0.3 is 4.57 Å². The van der Waals surface area contributed by atoms with Crippen molar-refractivity contribution in [2.45, 2.75) is 25.3 Å². The highest BCUT2D eigenvalue weighted by Crippen LogP contribution is 2.22. The van der Waals surface area contributed by atoms with Gasteiger partial charge in [-0.05, 0) is 25.5 Å². The summed E-state index contributed by atoms with van der Waals surface area (Å²) < 4.78 is 29.3. The zero-order valence-corrected chi connectivity index (χ0v) is 16.3. The van der Waals surface area contributed by atoms with E-state index in [2.05, 4.69) is 9.88 Å². The average molecular weight is 383 g/mol. The van der Waals surface area contributed by atoms with Crippen LogP contribution in [0.1, 0.15) is 17.0 Å². The van der Waals surface area contributed by atoms with E-state index in [4.69, 9.17) is 11.6 Å². The topological polar surface area (TPSA) is 58.4 Å². The Bertz CT molecular complexity index is 871. The molecule has 8 heteroatoms. The average Bonchev–Trinajstić information content (AvgIpc) is 2.87. The van der Waals surface area contributed by atoms with Crippen LogP contribution >= 0.6 is 11.6 Å². The van der Waals surface area contributed by atoms with Gasteiger partial charge in [-0.2, -0.15) is 4.31 Å². The summed E-state index contributed by atoms with van der Waals surface area (Å²) in [4.78, 5) is 6.91. The molecular weight excluding hydrogens is 360 g/mol. The van der Waals surface area contributed by atoms with Crippen LogP contribution in [-0.4, -0.2) is 53.4 Å². The lowest BCUT2D eigenvalue weighted by molar-refractivity contribution is 0.177. The van der Waals surface area contributed by atoms with E-state index in [1.54, 1.807) is 16.6 Å². The molecule has 6 nitrogen and oxygen atoms in total. The third-order valence-electron chi connectivity index (χ3n) is 4.67. The molecular formula is C17H23ClN4O2S. The van der Waals surface area contributed by atoms with Crippen molar-refractivity contribution in [1.82, 2.24) is 18.8 Å². The van der Waals surface area contributed by atoms with Gasteiger partial charge in [0.05, 0.1) is 17.6 Å². The lowest BCUT2D eigenvalue weighted by atomic mass is 10.2. The Morgan fingerprint density at radius 3 is 2.40 bits per heavy atom. The SMILES string of the molecule is Cc1ccc(S(=O)(=O)N2CCN(Cc3ncc(Cl)n3C)CC2)c(C)c1. The van der Waals surface area contributed by atoms with Gasteiger partial charge in [0.25, 0.3) is 0 Å². The Balaban J connectivity index is 1.68. The van der Waals surface area contributed by atoms with Crippen LogP contribution in [0.5, 0.6) is 0 Å². The maximum atomic E-state index is 12.9. The number of benzene rings is 1. The van der Waals surface area contributed by atoms with Crippen LogP contribution in [-0.2, 0) is 23.6 Å². The minimum atomic E-state index is -3.45. The Morgan fingerprint density at radius 1 is 1.16 bits per heavy atom. The van der Waals surface area contributed by atoms with Gasteiger partial charge in [0.2, 0.25) is 10.0 Å². The Kier molecular flexibility index (Phi) is 5.20. The molecule has 0 spiro atoms. The maximum absolute atomic E-state index is 12.9. The van der Waals surface area contributed by atoms with Crippen LogP contribution < -0.4 is 0 Å². The molecule has 1 aliphatic heterocycles. The largest absolute Gasteiger partial charge is 0.321 e. The molecule has 0 amide bonds. The van der Waals surface area contributed by atoms with Crippen LogP contribution in [0.15, 0.2) is 29.3 Å². The van der Waals surface area contributed by atoms with Crippen molar-refractivity contribution in [3.63, 3.8) is 0 Å². The lowest BCUT2D eigenvalue weighted by Crippen LogP contribution is -2.48. The minimum Gasteiger partial charge on any atom is -0.321 e. The summed E-state index contributed by atoms with van der Waals surface area (Å²) in [5, 5.41) is 0.603. The summed E-state index contributed by atoms with van der Waals surface area (Å²) in [6, 6.07) is 5.47. The maximum Gasteiger partial charge on any atom is 0.243 e. The van der Waals surface area contributed by atoms with Gasteiger partial charge in [0.15, 0.2) is 0 Å². The molecule has 1 saturated heterocycles. The van der Waals surface area contributed by atoms with Crippen LogP contribution in [0.2, 0.25) is 5.15 Å². The van der Waals surface area contributed by atoms with E-state index in [9.17, 15) is 8.42 Å². The van der Waals surface area contributed by atoms with Crippen molar-refractivity contribution in [3.8, 4) is 0 Å². The van der Waals surface area contributed by atoms with Gasteiger partial charge in [-0.15, -0.1) is 0 Å². The number of sulfonamides is 1. The van der Waals surface area contributed by atoms with Crippen LogP contribution in [0, 0.1) is 13.8 Å². The number of halogens is 1. The van der Waals surface area contributed by atoms with Crippen molar-refractivity contribution in [2.75, 3.05) is 26.2 Å². The molecule has 1 aromatic heterocycles. The van der Waals surface area contributed by atoms with Crippen LogP contribution in [0.25, 0.3) is 0 Å². The van der Waals surface area contributed by atoms with E-state index in [0.717, 1.165) is 17.0 Å². The Labute approximate surface area is 154 Å². The van der Waals surface area contributed by atoms with E-state index in [-0.39, 0.29) is 0 Å². The molecule has 0 aliphatic carbocycles. The molecule has 1 fully saturated rings. The van der Waals surface area contributed by atoms with E-state index in [1.807, 2.05) is 37.6 Å². The monoisotopic (exact) mass is 382 g/mol. The molecule has 3 rings (SSSR count). The molecule has 1 aromatic carbocycles. The number of rotatable bonds is 4. The second-order valence-corrected chi connectivity index (χ2v) is 8.80. The first-order chi connectivity index (χ1) is 11.8. The quantitative estimate of drug-likeness (QED) is 0.813. The molecule has 0 N–H and O–H groups in total. The Hall–Kier alpha value is -1.41. The number of aryl methyl sites for hydroxylation is 2. The summed E-state index contributed by atoms with van der Waals surface area (Å²) in [6.07, 6.45) is 1.64. The molecule has 25 heavy (non-hydrogen) atoms. The normalized spacial score (nSPS) is 17.1. The first-order valence-electron chi connectivity index (χ1n) is 8.25.